The zero-order chi connectivity index (χ0) is 50.7. The van der Waals surface area contributed by atoms with Crippen LogP contribution < -0.4 is 0 Å². The molecular formula is C55H48O17. The first kappa shape index (κ1) is 51.3. The van der Waals surface area contributed by atoms with Crippen LogP contribution in [0.1, 0.15) is 54.7 Å². The molecule has 0 bridgehead atoms. The maximum atomic E-state index is 14.5. The van der Waals surface area contributed by atoms with E-state index < -0.39 is 91.5 Å². The summed E-state index contributed by atoms with van der Waals surface area (Å²) in [6, 6.07) is 48.3. The summed E-state index contributed by atoms with van der Waals surface area (Å²) in [5, 5.41) is 0. The van der Waals surface area contributed by atoms with Crippen LogP contribution in [0.25, 0.3) is 0 Å². The van der Waals surface area contributed by atoms with Crippen molar-refractivity contribution in [2.24, 2.45) is 0 Å². The van der Waals surface area contributed by atoms with Crippen LogP contribution in [0.4, 0.5) is 0 Å². The number of hydrogen-bond acceptors (Lipinski definition) is 17. The molecule has 1 saturated heterocycles. The number of ether oxygens (including phenoxy) is 10. The van der Waals surface area contributed by atoms with Crippen molar-refractivity contribution < 1.29 is 80.9 Å². The van der Waals surface area contributed by atoms with Gasteiger partial charge in [-0.2, -0.15) is 0 Å². The molecule has 2 unspecified atom stereocenters. The average Bonchev–Trinajstić information content (AvgIpc) is 3.42. The fraction of sp³-hybridized carbons (Fsp3) is 0.218. The lowest BCUT2D eigenvalue weighted by Gasteiger charge is -2.44. The highest BCUT2D eigenvalue weighted by atomic mass is 16.8. The quantitative estimate of drug-likeness (QED) is 0.0407. The van der Waals surface area contributed by atoms with Crippen molar-refractivity contribution in [2.75, 3.05) is 6.61 Å². The van der Waals surface area contributed by atoms with Gasteiger partial charge in [0.2, 0.25) is 18.7 Å². The minimum absolute atomic E-state index is 0.0202. The van der Waals surface area contributed by atoms with Gasteiger partial charge in [0.05, 0.1) is 16.7 Å². The summed E-state index contributed by atoms with van der Waals surface area (Å²) in [7, 11) is 0. The molecule has 72 heavy (non-hydrogen) atoms. The number of carbonyl (C=O) groups excluding carboxylic acids is 7. The number of benzene rings is 6. The highest BCUT2D eigenvalue weighted by Crippen LogP contribution is 2.33. The predicted octanol–water partition coefficient (Wildman–Crippen LogP) is 6.91. The zero-order valence-electron chi connectivity index (χ0n) is 38.6. The van der Waals surface area contributed by atoms with E-state index in [4.69, 9.17) is 47.4 Å². The summed E-state index contributed by atoms with van der Waals surface area (Å²) in [4.78, 5) is 97.4. The molecule has 0 radical (unpaired) electrons. The Kier molecular flexibility index (Phi) is 18.5. The van der Waals surface area contributed by atoms with Crippen LogP contribution in [0.2, 0.25) is 0 Å². The fourth-order valence-corrected chi connectivity index (χ4v) is 7.08. The van der Waals surface area contributed by atoms with Crippen LogP contribution in [0.3, 0.4) is 0 Å². The molecule has 6 aromatic rings. The molecule has 0 aromatic heterocycles. The topological polar surface area (TPSA) is 212 Å². The Balaban J connectivity index is 1.34. The maximum absolute atomic E-state index is 14.5. The fourth-order valence-electron chi connectivity index (χ4n) is 7.08. The van der Waals surface area contributed by atoms with E-state index in [1.807, 2.05) is 0 Å². The lowest BCUT2D eigenvalue weighted by Crippen LogP contribution is -2.65. The Labute approximate surface area is 413 Å². The molecule has 0 saturated carbocycles. The van der Waals surface area contributed by atoms with E-state index in [0.717, 1.165) is 6.92 Å². The van der Waals surface area contributed by atoms with Gasteiger partial charge < -0.3 is 47.4 Å². The largest absolute Gasteiger partial charge is 0.459 e. The van der Waals surface area contributed by atoms with Gasteiger partial charge in [0.25, 0.3) is 0 Å². The van der Waals surface area contributed by atoms with E-state index in [9.17, 15) is 33.6 Å². The lowest BCUT2D eigenvalue weighted by molar-refractivity contribution is -0.320. The van der Waals surface area contributed by atoms with Crippen molar-refractivity contribution in [3.05, 3.63) is 215 Å². The summed E-state index contributed by atoms with van der Waals surface area (Å²) < 4.78 is 59.0. The lowest BCUT2D eigenvalue weighted by atomic mass is 9.97. The molecule has 1 aliphatic heterocycles. The van der Waals surface area contributed by atoms with Crippen LogP contribution in [-0.4, -0.2) is 91.5 Å². The molecule has 1 fully saturated rings. The molecule has 7 atom stereocenters. The molecule has 6 aromatic carbocycles. The van der Waals surface area contributed by atoms with E-state index in [2.05, 4.69) is 0 Å². The normalized spacial score (nSPS) is 17.9. The number of carbonyl (C=O) groups is 7. The number of hydrogen-bond donors (Lipinski definition) is 0. The Morgan fingerprint density at radius 1 is 0.472 bits per heavy atom. The second-order valence-electron chi connectivity index (χ2n) is 15.8. The van der Waals surface area contributed by atoms with Crippen LogP contribution in [0, 0.1) is 0 Å². The predicted molar refractivity (Wildman–Crippen MR) is 251 cm³/mol. The molecule has 1 heterocycles. The van der Waals surface area contributed by atoms with Gasteiger partial charge in [-0.15, -0.1) is 0 Å². The smallest absolute Gasteiger partial charge is 0.353 e. The van der Waals surface area contributed by atoms with Gasteiger partial charge in [-0.25, -0.2) is 28.8 Å². The summed E-state index contributed by atoms with van der Waals surface area (Å²) >= 11 is 0. The van der Waals surface area contributed by atoms with Crippen LogP contribution in [0.5, 0.6) is 0 Å². The van der Waals surface area contributed by atoms with E-state index in [1.54, 1.807) is 133 Å². The van der Waals surface area contributed by atoms with Gasteiger partial charge in [-0.1, -0.05) is 146 Å². The van der Waals surface area contributed by atoms with Crippen molar-refractivity contribution in [2.45, 2.75) is 69.8 Å². The molecule has 17 nitrogen and oxygen atoms in total. The molecule has 7 rings (SSSR count). The average molecular weight is 981 g/mol. The number of rotatable bonds is 21. The molecule has 0 amide bonds. The van der Waals surface area contributed by atoms with Crippen molar-refractivity contribution in [3.63, 3.8) is 0 Å². The molecule has 0 spiro atoms. The second kappa shape index (κ2) is 25.9. The van der Waals surface area contributed by atoms with Gasteiger partial charge in [-0.05, 0) is 53.1 Å². The van der Waals surface area contributed by atoms with Crippen molar-refractivity contribution in [1.29, 1.82) is 0 Å². The summed E-state index contributed by atoms with van der Waals surface area (Å²) in [5.74, 6) is -7.65. The van der Waals surface area contributed by atoms with Gasteiger partial charge in [0, 0.05) is 6.92 Å². The van der Waals surface area contributed by atoms with Crippen molar-refractivity contribution in [3.8, 4) is 0 Å². The molecule has 0 aliphatic carbocycles. The summed E-state index contributed by atoms with van der Waals surface area (Å²) in [5.41, 5.74) is 1.60. The summed E-state index contributed by atoms with van der Waals surface area (Å²) in [6.45, 7) is -0.873. The first-order chi connectivity index (χ1) is 35.0. The van der Waals surface area contributed by atoms with Crippen LogP contribution in [0.15, 0.2) is 182 Å². The Hall–Kier alpha value is -8.51. The molecule has 17 heteroatoms. The maximum Gasteiger partial charge on any atom is 0.353 e. The minimum atomic E-state index is -2.29. The molecular weight excluding hydrogens is 933 g/mol. The SMILES string of the molecule is CC(=O)O[C@@H]1O[C@H](C(=O)OCc2ccccc2)[C@@H](OC(=O)c2ccccc2)[C@H](OC(OCC(=O)OCc2ccccc2)C(OC(=O)c2ccccc2)C(=O)OCc2ccccc2)[C@H]1OC(=O)c1ccccc1. The Morgan fingerprint density at radius 3 is 1.36 bits per heavy atom. The monoisotopic (exact) mass is 980 g/mol. The first-order valence-electron chi connectivity index (χ1n) is 22.5. The first-order valence-corrected chi connectivity index (χ1v) is 22.5. The third-order valence-corrected chi connectivity index (χ3v) is 10.6. The van der Waals surface area contributed by atoms with Crippen molar-refractivity contribution >= 4 is 41.8 Å². The third kappa shape index (κ3) is 14.8. The minimum Gasteiger partial charge on any atom is -0.459 e. The van der Waals surface area contributed by atoms with Crippen LogP contribution in [-0.2, 0) is 86.4 Å². The van der Waals surface area contributed by atoms with Gasteiger partial charge in [0.1, 0.15) is 32.5 Å². The highest BCUT2D eigenvalue weighted by molar-refractivity contribution is 5.92. The standard InChI is InChI=1S/C55H48O17/c1-36(56)67-55-47(69-50(59)41-28-16-6-17-29-41)45(44(68-49(58)40-26-14-5-15-27-40)46(72-55)52(61)64-33-38-22-10-3-11-23-38)71-54(66-35-43(57)63-32-37-20-8-2-9-21-37)48(70-51(60)42-30-18-7-19-31-42)53(62)65-34-39-24-12-4-13-25-39/h2-31,44-48,54-55H,32-35H2,1H3/t44-,45-,46-,47+,48?,54?,55+/m0/s1. The van der Waals surface area contributed by atoms with Gasteiger partial charge >= 0.3 is 41.8 Å². The van der Waals surface area contributed by atoms with E-state index in [0.29, 0.717) is 16.7 Å². The molecule has 1 aliphatic rings. The molecule has 370 valence electrons. The van der Waals surface area contributed by atoms with Crippen molar-refractivity contribution in [1.82, 2.24) is 0 Å². The van der Waals surface area contributed by atoms with E-state index in [-0.39, 0.29) is 36.5 Å². The highest BCUT2D eigenvalue weighted by Gasteiger charge is 2.57. The molecule has 0 N–H and O–H groups in total. The van der Waals surface area contributed by atoms with E-state index >= 15 is 0 Å². The zero-order valence-corrected chi connectivity index (χ0v) is 38.6. The Morgan fingerprint density at radius 2 is 0.889 bits per heavy atom. The van der Waals surface area contributed by atoms with Gasteiger partial charge in [-0.3, -0.25) is 4.79 Å². The van der Waals surface area contributed by atoms with Crippen LogP contribution >= 0.6 is 0 Å². The Bertz CT molecular complexity index is 2720. The van der Waals surface area contributed by atoms with Gasteiger partial charge in [0.15, 0.2) is 18.3 Å². The second-order valence-corrected chi connectivity index (χ2v) is 15.8. The third-order valence-electron chi connectivity index (χ3n) is 10.6. The summed E-state index contributed by atoms with van der Waals surface area (Å²) in [6.07, 6.45) is -14.8. The van der Waals surface area contributed by atoms with E-state index in [1.165, 1.54) is 48.5 Å². The number of esters is 7.